The highest BCUT2D eigenvalue weighted by atomic mass is 35.5. The third kappa shape index (κ3) is 4.60. The SMILES string of the molecule is N#Cc1cccc(Oc2cc(Cl)ccc2C2CC(=O)N(c3ccc(S(N)(=O)=O)cc3)C2)c1. The molecule has 4 rings (SSSR count). The molecule has 0 spiro atoms. The smallest absolute Gasteiger partial charge is 0.238 e. The Morgan fingerprint density at radius 2 is 1.84 bits per heavy atom. The van der Waals surface area contributed by atoms with Crippen molar-refractivity contribution >= 4 is 33.2 Å². The standard InChI is InChI=1S/C23H18ClN3O4S/c24-17-4-9-21(22(12-17)31-19-3-1-2-15(10-19)13-25)16-11-23(28)27(14-16)18-5-7-20(8-6-18)32(26,29)30/h1-10,12,16H,11,14H2,(H2,26,29,30). The molecule has 1 heterocycles. The van der Waals surface area contributed by atoms with Crippen LogP contribution in [0.4, 0.5) is 5.69 Å². The minimum Gasteiger partial charge on any atom is -0.457 e. The van der Waals surface area contributed by atoms with E-state index in [-0.39, 0.29) is 23.1 Å². The van der Waals surface area contributed by atoms with Gasteiger partial charge in [0.1, 0.15) is 11.5 Å². The van der Waals surface area contributed by atoms with Gasteiger partial charge in [0, 0.05) is 35.2 Å². The maximum atomic E-state index is 12.7. The minimum atomic E-state index is -3.81. The Balaban J connectivity index is 1.61. The number of rotatable bonds is 5. The van der Waals surface area contributed by atoms with Crippen molar-refractivity contribution in [2.75, 3.05) is 11.4 Å². The first-order valence-electron chi connectivity index (χ1n) is 9.65. The van der Waals surface area contributed by atoms with Gasteiger partial charge < -0.3 is 9.64 Å². The number of nitrogens with zero attached hydrogens (tertiary/aromatic N) is 2. The molecule has 7 nitrogen and oxygen atoms in total. The Labute approximate surface area is 190 Å². The highest BCUT2D eigenvalue weighted by Crippen LogP contribution is 2.39. The molecular weight excluding hydrogens is 450 g/mol. The van der Waals surface area contributed by atoms with E-state index in [1.54, 1.807) is 53.4 Å². The second-order valence-electron chi connectivity index (χ2n) is 7.37. The molecule has 1 fully saturated rings. The number of carbonyl (C=O) groups excluding carboxylic acids is 1. The zero-order chi connectivity index (χ0) is 22.9. The van der Waals surface area contributed by atoms with E-state index in [9.17, 15) is 13.2 Å². The fraction of sp³-hybridized carbons (Fsp3) is 0.130. The van der Waals surface area contributed by atoms with Gasteiger partial charge in [-0.05, 0) is 54.6 Å². The number of nitrogens with two attached hydrogens (primary N) is 1. The third-order valence-electron chi connectivity index (χ3n) is 5.21. The molecule has 1 saturated heterocycles. The van der Waals surface area contributed by atoms with Gasteiger partial charge in [-0.3, -0.25) is 4.79 Å². The number of nitriles is 1. The zero-order valence-corrected chi connectivity index (χ0v) is 18.3. The number of amides is 1. The van der Waals surface area contributed by atoms with E-state index < -0.39 is 10.0 Å². The van der Waals surface area contributed by atoms with Crippen LogP contribution in [0.2, 0.25) is 5.02 Å². The lowest BCUT2D eigenvalue weighted by molar-refractivity contribution is -0.117. The molecule has 1 atom stereocenters. The summed E-state index contributed by atoms with van der Waals surface area (Å²) in [6.07, 6.45) is 0.257. The number of hydrogen-bond acceptors (Lipinski definition) is 5. The highest BCUT2D eigenvalue weighted by Gasteiger charge is 2.33. The summed E-state index contributed by atoms with van der Waals surface area (Å²) < 4.78 is 29.0. The maximum absolute atomic E-state index is 12.7. The molecule has 0 saturated carbocycles. The van der Waals surface area contributed by atoms with Crippen LogP contribution in [-0.4, -0.2) is 20.9 Å². The van der Waals surface area contributed by atoms with Crippen LogP contribution in [0.3, 0.4) is 0 Å². The number of benzene rings is 3. The van der Waals surface area contributed by atoms with E-state index in [4.69, 9.17) is 26.7 Å². The van der Waals surface area contributed by atoms with E-state index in [0.29, 0.717) is 34.3 Å². The normalized spacial score (nSPS) is 16.1. The number of anilines is 1. The average Bonchev–Trinajstić information content (AvgIpc) is 3.15. The molecule has 1 aliphatic rings. The van der Waals surface area contributed by atoms with Crippen molar-refractivity contribution in [3.63, 3.8) is 0 Å². The van der Waals surface area contributed by atoms with Gasteiger partial charge in [0.05, 0.1) is 16.5 Å². The summed E-state index contributed by atoms with van der Waals surface area (Å²) in [5.41, 5.74) is 1.87. The van der Waals surface area contributed by atoms with Crippen LogP contribution in [0.25, 0.3) is 0 Å². The average molecular weight is 468 g/mol. The molecule has 32 heavy (non-hydrogen) atoms. The Morgan fingerprint density at radius 3 is 2.53 bits per heavy atom. The third-order valence-corrected chi connectivity index (χ3v) is 6.37. The first kappa shape index (κ1) is 21.8. The number of carbonyl (C=O) groups is 1. The Kier molecular flexibility index (Phi) is 5.89. The largest absolute Gasteiger partial charge is 0.457 e. The summed E-state index contributed by atoms with van der Waals surface area (Å²) in [6.45, 7) is 0.393. The van der Waals surface area contributed by atoms with Crippen molar-refractivity contribution in [3.8, 4) is 17.6 Å². The summed E-state index contributed by atoms with van der Waals surface area (Å²) in [4.78, 5) is 14.3. The molecule has 0 aromatic heterocycles. The minimum absolute atomic E-state index is 0.0163. The Morgan fingerprint density at radius 1 is 1.09 bits per heavy atom. The van der Waals surface area contributed by atoms with Gasteiger partial charge in [0.2, 0.25) is 15.9 Å². The summed E-state index contributed by atoms with van der Waals surface area (Å²) in [5.74, 6) is 0.752. The summed E-state index contributed by atoms with van der Waals surface area (Å²) in [7, 11) is -3.81. The highest BCUT2D eigenvalue weighted by molar-refractivity contribution is 7.89. The molecular formula is C23H18ClN3O4S. The molecule has 1 amide bonds. The quantitative estimate of drug-likeness (QED) is 0.604. The topological polar surface area (TPSA) is 113 Å². The van der Waals surface area contributed by atoms with Crippen LogP contribution < -0.4 is 14.8 Å². The summed E-state index contributed by atoms with van der Waals surface area (Å²) in [6, 6.07) is 20.0. The predicted molar refractivity (Wildman–Crippen MR) is 120 cm³/mol. The van der Waals surface area contributed by atoms with Crippen molar-refractivity contribution < 1.29 is 17.9 Å². The lowest BCUT2D eigenvalue weighted by atomic mass is 9.97. The molecule has 3 aromatic rings. The Bertz CT molecular complexity index is 1330. The zero-order valence-electron chi connectivity index (χ0n) is 16.7. The second-order valence-corrected chi connectivity index (χ2v) is 9.37. The molecule has 2 N–H and O–H groups in total. The molecule has 1 aliphatic heterocycles. The molecule has 162 valence electrons. The van der Waals surface area contributed by atoms with Crippen LogP contribution in [0, 0.1) is 11.3 Å². The molecule has 0 aliphatic carbocycles. The van der Waals surface area contributed by atoms with Crippen molar-refractivity contribution in [1.82, 2.24) is 0 Å². The van der Waals surface area contributed by atoms with Gasteiger partial charge in [0.15, 0.2) is 0 Å². The van der Waals surface area contributed by atoms with E-state index in [1.165, 1.54) is 12.1 Å². The van der Waals surface area contributed by atoms with Crippen molar-refractivity contribution in [2.45, 2.75) is 17.2 Å². The van der Waals surface area contributed by atoms with E-state index in [2.05, 4.69) is 6.07 Å². The van der Waals surface area contributed by atoms with Crippen molar-refractivity contribution in [2.24, 2.45) is 5.14 Å². The summed E-state index contributed by atoms with van der Waals surface area (Å²) in [5, 5.41) is 14.7. The lowest BCUT2D eigenvalue weighted by Crippen LogP contribution is -2.24. The monoisotopic (exact) mass is 467 g/mol. The van der Waals surface area contributed by atoms with Crippen LogP contribution in [0.15, 0.2) is 71.6 Å². The van der Waals surface area contributed by atoms with Gasteiger partial charge in [-0.15, -0.1) is 0 Å². The van der Waals surface area contributed by atoms with Gasteiger partial charge >= 0.3 is 0 Å². The number of sulfonamides is 1. The maximum Gasteiger partial charge on any atom is 0.238 e. The number of primary sulfonamides is 1. The van der Waals surface area contributed by atoms with Gasteiger partial charge in [0.25, 0.3) is 0 Å². The second kappa shape index (κ2) is 8.63. The van der Waals surface area contributed by atoms with E-state index in [0.717, 1.165) is 5.56 Å². The number of ether oxygens (including phenoxy) is 1. The van der Waals surface area contributed by atoms with Crippen molar-refractivity contribution in [3.05, 3.63) is 82.9 Å². The molecule has 0 bridgehead atoms. The molecule has 3 aromatic carbocycles. The van der Waals surface area contributed by atoms with Crippen LogP contribution in [0.1, 0.15) is 23.5 Å². The van der Waals surface area contributed by atoms with Crippen LogP contribution in [-0.2, 0) is 14.8 Å². The lowest BCUT2D eigenvalue weighted by Gasteiger charge is -2.19. The predicted octanol–water partition coefficient (Wildman–Crippen LogP) is 4.17. The number of halogens is 1. The van der Waals surface area contributed by atoms with E-state index in [1.807, 2.05) is 6.07 Å². The van der Waals surface area contributed by atoms with Gasteiger partial charge in [-0.1, -0.05) is 23.7 Å². The number of hydrogen-bond donors (Lipinski definition) is 1. The van der Waals surface area contributed by atoms with Crippen LogP contribution >= 0.6 is 11.6 Å². The molecule has 0 radical (unpaired) electrons. The first-order chi connectivity index (χ1) is 15.2. The van der Waals surface area contributed by atoms with Crippen LogP contribution in [0.5, 0.6) is 11.5 Å². The fourth-order valence-corrected chi connectivity index (χ4v) is 4.35. The molecule has 9 heteroatoms. The van der Waals surface area contributed by atoms with E-state index >= 15 is 0 Å². The summed E-state index contributed by atoms with van der Waals surface area (Å²) >= 11 is 6.18. The van der Waals surface area contributed by atoms with Gasteiger partial charge in [-0.2, -0.15) is 5.26 Å². The van der Waals surface area contributed by atoms with Crippen molar-refractivity contribution in [1.29, 1.82) is 5.26 Å². The first-order valence-corrected chi connectivity index (χ1v) is 11.6. The molecule has 1 unspecified atom stereocenters. The fourth-order valence-electron chi connectivity index (χ4n) is 3.67. The van der Waals surface area contributed by atoms with Gasteiger partial charge in [-0.25, -0.2) is 13.6 Å². The Hall–Kier alpha value is -3.38.